The maximum atomic E-state index is 14.1. The van der Waals surface area contributed by atoms with Crippen LogP contribution in [0, 0.1) is 11.6 Å². The Morgan fingerprint density at radius 2 is 2.00 bits per heavy atom. The van der Waals surface area contributed by atoms with Crippen LogP contribution >= 0.6 is 11.3 Å². The minimum absolute atomic E-state index is 0.0178. The minimum Gasteiger partial charge on any atom is -0.312 e. The summed E-state index contributed by atoms with van der Waals surface area (Å²) in [7, 11) is 0. The number of aryl methyl sites for hydroxylation is 1. The van der Waals surface area contributed by atoms with Crippen molar-refractivity contribution in [3.05, 3.63) is 69.9 Å². The summed E-state index contributed by atoms with van der Waals surface area (Å²) < 4.78 is 29.5. The van der Waals surface area contributed by atoms with Gasteiger partial charge in [0, 0.05) is 28.4 Å². The fourth-order valence-electron chi connectivity index (χ4n) is 4.39. The minimum atomic E-state index is -0.780. The van der Waals surface area contributed by atoms with Crippen molar-refractivity contribution in [1.29, 1.82) is 0 Å². The fraction of sp³-hybridized carbons (Fsp3) is 0.318. The van der Waals surface area contributed by atoms with Gasteiger partial charge in [0.2, 0.25) is 0 Å². The van der Waals surface area contributed by atoms with Crippen molar-refractivity contribution in [2.45, 2.75) is 45.2 Å². The van der Waals surface area contributed by atoms with Crippen LogP contribution in [0.15, 0.2) is 36.5 Å². The van der Waals surface area contributed by atoms with Gasteiger partial charge in [-0.25, -0.2) is 13.6 Å². The molecule has 1 aliphatic carbocycles. The number of hydrogen-bond donors (Lipinski definition) is 1. The van der Waals surface area contributed by atoms with Gasteiger partial charge in [-0.05, 0) is 62.4 Å². The third-order valence-electron chi connectivity index (χ3n) is 5.92. The average molecular weight is 413 g/mol. The Labute approximate surface area is 171 Å². The summed E-state index contributed by atoms with van der Waals surface area (Å²) in [6.07, 6.45) is 6.54. The number of aromatic nitrogens is 1. The van der Waals surface area contributed by atoms with Crippen molar-refractivity contribution in [3.8, 4) is 5.00 Å². The number of anilines is 1. The van der Waals surface area contributed by atoms with Crippen LogP contribution in [-0.2, 0) is 19.4 Å². The third-order valence-corrected chi connectivity index (χ3v) is 7.25. The molecule has 1 N–H and O–H groups in total. The molecule has 2 aromatic heterocycles. The first-order chi connectivity index (χ1) is 14.0. The van der Waals surface area contributed by atoms with Gasteiger partial charge in [-0.1, -0.05) is 0 Å². The van der Waals surface area contributed by atoms with Gasteiger partial charge in [-0.2, -0.15) is 0 Å². The molecular formula is C22H21F2N3OS. The van der Waals surface area contributed by atoms with E-state index in [1.54, 1.807) is 4.90 Å². The SMILES string of the molecule is C[C@H]1c2cccn2-c2sc3c(c2CN1C(=O)Nc1ccc(F)cc1F)CCCC3. The molecule has 3 aromatic rings. The number of nitrogens with zero attached hydrogens (tertiary/aromatic N) is 2. The Morgan fingerprint density at radius 1 is 1.17 bits per heavy atom. The van der Waals surface area contributed by atoms with E-state index < -0.39 is 11.6 Å². The van der Waals surface area contributed by atoms with Gasteiger partial charge in [0.05, 0.1) is 18.3 Å². The number of carbonyl (C=O) groups excluding carboxylic acids is 1. The van der Waals surface area contributed by atoms with E-state index in [2.05, 4.69) is 9.88 Å². The number of halogens is 2. The maximum absolute atomic E-state index is 14.1. The molecule has 1 aromatic carbocycles. The van der Waals surface area contributed by atoms with Crippen molar-refractivity contribution in [2.75, 3.05) is 5.32 Å². The zero-order chi connectivity index (χ0) is 20.1. The van der Waals surface area contributed by atoms with Crippen molar-refractivity contribution >= 4 is 23.1 Å². The van der Waals surface area contributed by atoms with Crippen LogP contribution < -0.4 is 5.32 Å². The van der Waals surface area contributed by atoms with Crippen LogP contribution in [0.3, 0.4) is 0 Å². The summed E-state index contributed by atoms with van der Waals surface area (Å²) in [5.41, 5.74) is 3.57. The van der Waals surface area contributed by atoms with Gasteiger partial charge in [0.15, 0.2) is 0 Å². The first-order valence-corrected chi connectivity index (χ1v) is 10.7. The fourth-order valence-corrected chi connectivity index (χ4v) is 5.79. The summed E-state index contributed by atoms with van der Waals surface area (Å²) in [5, 5.41) is 3.82. The molecule has 7 heteroatoms. The molecule has 0 radical (unpaired) electrons. The molecule has 0 bridgehead atoms. The van der Waals surface area contributed by atoms with Gasteiger partial charge in [0.1, 0.15) is 16.6 Å². The lowest BCUT2D eigenvalue weighted by molar-refractivity contribution is 0.189. The van der Waals surface area contributed by atoms with Gasteiger partial charge >= 0.3 is 6.03 Å². The molecule has 1 atom stereocenters. The number of hydrogen-bond acceptors (Lipinski definition) is 2. The largest absolute Gasteiger partial charge is 0.322 e. The lowest BCUT2D eigenvalue weighted by atomic mass is 9.95. The number of fused-ring (bicyclic) bond motifs is 5. The number of benzene rings is 1. The van der Waals surface area contributed by atoms with E-state index >= 15 is 0 Å². The van der Waals surface area contributed by atoms with Gasteiger partial charge in [-0.15, -0.1) is 11.3 Å². The Kier molecular flexibility index (Phi) is 4.42. The van der Waals surface area contributed by atoms with Gasteiger partial charge in [-0.3, -0.25) is 0 Å². The molecule has 2 aliphatic rings. The first-order valence-electron chi connectivity index (χ1n) is 9.86. The van der Waals surface area contributed by atoms with Crippen LogP contribution in [0.2, 0.25) is 0 Å². The summed E-state index contributed by atoms with van der Waals surface area (Å²) in [6, 6.07) is 6.62. The predicted molar refractivity (Wildman–Crippen MR) is 110 cm³/mol. The molecule has 0 saturated heterocycles. The van der Waals surface area contributed by atoms with Crippen LogP contribution in [0.25, 0.3) is 5.00 Å². The topological polar surface area (TPSA) is 37.3 Å². The van der Waals surface area contributed by atoms with Crippen molar-refractivity contribution in [3.63, 3.8) is 0 Å². The molecule has 4 nitrogen and oxygen atoms in total. The molecule has 2 amide bonds. The number of amides is 2. The quantitative estimate of drug-likeness (QED) is 0.537. The van der Waals surface area contributed by atoms with E-state index in [9.17, 15) is 13.6 Å². The number of urea groups is 1. The molecular weight excluding hydrogens is 392 g/mol. The van der Waals surface area contributed by atoms with Crippen LogP contribution in [-0.4, -0.2) is 15.5 Å². The van der Waals surface area contributed by atoms with E-state index in [-0.39, 0.29) is 17.8 Å². The van der Waals surface area contributed by atoms with Gasteiger partial charge < -0.3 is 14.8 Å². The third kappa shape index (κ3) is 3.04. The second-order valence-electron chi connectivity index (χ2n) is 7.66. The van der Waals surface area contributed by atoms with Gasteiger partial charge in [0.25, 0.3) is 0 Å². The molecule has 0 saturated carbocycles. The molecule has 150 valence electrons. The lowest BCUT2D eigenvalue weighted by Crippen LogP contribution is -2.36. The highest BCUT2D eigenvalue weighted by Gasteiger charge is 2.33. The second kappa shape index (κ2) is 6.99. The summed E-state index contributed by atoms with van der Waals surface area (Å²) in [5.74, 6) is -1.45. The average Bonchev–Trinajstić information content (AvgIpc) is 3.30. The molecule has 3 heterocycles. The smallest absolute Gasteiger partial charge is 0.312 e. The zero-order valence-electron chi connectivity index (χ0n) is 16.0. The first kappa shape index (κ1) is 18.4. The molecule has 0 fully saturated rings. The maximum Gasteiger partial charge on any atom is 0.322 e. The van der Waals surface area contributed by atoms with Crippen molar-refractivity contribution < 1.29 is 13.6 Å². The Hall–Kier alpha value is -2.67. The predicted octanol–water partition coefficient (Wildman–Crippen LogP) is 5.80. The highest BCUT2D eigenvalue weighted by atomic mass is 32.1. The highest BCUT2D eigenvalue weighted by molar-refractivity contribution is 7.15. The van der Waals surface area contributed by atoms with Crippen LogP contribution in [0.5, 0.6) is 0 Å². The highest BCUT2D eigenvalue weighted by Crippen LogP contribution is 2.42. The van der Waals surface area contributed by atoms with Crippen LogP contribution in [0.4, 0.5) is 19.3 Å². The van der Waals surface area contributed by atoms with E-state index in [4.69, 9.17) is 0 Å². The molecule has 0 spiro atoms. The molecule has 0 unspecified atom stereocenters. The van der Waals surface area contributed by atoms with Crippen LogP contribution in [0.1, 0.15) is 47.5 Å². The van der Waals surface area contributed by atoms with Crippen molar-refractivity contribution in [1.82, 2.24) is 9.47 Å². The zero-order valence-corrected chi connectivity index (χ0v) is 16.9. The monoisotopic (exact) mass is 413 g/mol. The standard InChI is InChI=1S/C22H21F2N3OS/c1-13-19-6-4-10-26(19)21-16(15-5-2-3-7-20(15)29-21)12-27(13)22(28)25-18-9-8-14(23)11-17(18)24/h4,6,8-11,13H,2-3,5,7,12H2,1H3,(H,25,28)/t13-/m0/s1. The number of carbonyl (C=O) groups is 1. The summed E-state index contributed by atoms with van der Waals surface area (Å²) in [4.78, 5) is 16.3. The Bertz CT molecular complexity index is 1100. The second-order valence-corrected chi connectivity index (χ2v) is 8.74. The number of nitrogens with one attached hydrogen (secondary N) is 1. The Morgan fingerprint density at radius 3 is 2.83 bits per heavy atom. The molecule has 5 rings (SSSR count). The van der Waals surface area contributed by atoms with E-state index in [1.165, 1.54) is 33.5 Å². The van der Waals surface area contributed by atoms with E-state index in [1.807, 2.05) is 36.6 Å². The number of thiophene rings is 1. The molecule has 29 heavy (non-hydrogen) atoms. The number of rotatable bonds is 1. The normalized spacial score (nSPS) is 17.9. The van der Waals surface area contributed by atoms with E-state index in [0.29, 0.717) is 6.54 Å². The summed E-state index contributed by atoms with van der Waals surface area (Å²) >= 11 is 1.83. The molecule has 1 aliphatic heterocycles. The van der Waals surface area contributed by atoms with E-state index in [0.717, 1.165) is 37.1 Å². The lowest BCUT2D eigenvalue weighted by Gasteiger charge is -2.28. The Balaban J connectivity index is 1.54. The summed E-state index contributed by atoms with van der Waals surface area (Å²) in [6.45, 7) is 2.45. The van der Waals surface area contributed by atoms with Crippen molar-refractivity contribution in [2.24, 2.45) is 0 Å².